The number of thioether (sulfide) groups is 1. The third kappa shape index (κ3) is 4.38. The number of aromatic nitrogens is 3. The highest BCUT2D eigenvalue weighted by Crippen LogP contribution is 2.25. The average molecular weight is 369 g/mol. The highest BCUT2D eigenvalue weighted by Gasteiger charge is 2.12. The van der Waals surface area contributed by atoms with Crippen LogP contribution < -0.4 is 9.47 Å². The Bertz CT molecular complexity index is 847. The molecule has 0 fully saturated rings. The van der Waals surface area contributed by atoms with Crippen LogP contribution in [0.5, 0.6) is 11.5 Å². The summed E-state index contributed by atoms with van der Waals surface area (Å²) >= 11 is 1.64. The molecule has 0 radical (unpaired) electrons. The van der Waals surface area contributed by atoms with Gasteiger partial charge in [0.2, 0.25) is 0 Å². The summed E-state index contributed by atoms with van der Waals surface area (Å²) < 4.78 is 13.2. The highest BCUT2D eigenvalue weighted by molar-refractivity contribution is 7.99. The lowest BCUT2D eigenvalue weighted by molar-refractivity contribution is 0.332. The first-order chi connectivity index (χ1) is 12.7. The molecule has 0 aliphatic carbocycles. The van der Waals surface area contributed by atoms with Gasteiger partial charge in [0.05, 0.1) is 13.2 Å². The average Bonchev–Trinajstić information content (AvgIpc) is 3.01. The van der Waals surface area contributed by atoms with Crippen molar-refractivity contribution in [2.24, 2.45) is 7.05 Å². The molecule has 0 saturated carbocycles. The van der Waals surface area contributed by atoms with Crippen molar-refractivity contribution in [3.63, 3.8) is 0 Å². The summed E-state index contributed by atoms with van der Waals surface area (Å²) in [5.74, 6) is 3.38. The molecule has 0 aliphatic rings. The Morgan fingerprint density at radius 3 is 2.35 bits per heavy atom. The van der Waals surface area contributed by atoms with Gasteiger partial charge in [-0.15, -0.1) is 10.2 Å². The Morgan fingerprint density at radius 2 is 1.65 bits per heavy atom. The Labute approximate surface area is 158 Å². The zero-order valence-electron chi connectivity index (χ0n) is 15.3. The molecule has 0 bridgehead atoms. The van der Waals surface area contributed by atoms with Gasteiger partial charge in [0.25, 0.3) is 0 Å². The summed E-state index contributed by atoms with van der Waals surface area (Å²) in [6.45, 7) is 5.32. The molecule has 0 spiro atoms. The van der Waals surface area contributed by atoms with Crippen LogP contribution in [0, 0.1) is 6.92 Å². The zero-order valence-corrected chi connectivity index (χ0v) is 16.1. The molecule has 2 aromatic carbocycles. The van der Waals surface area contributed by atoms with Crippen molar-refractivity contribution in [2.75, 3.05) is 19.0 Å². The minimum atomic E-state index is 0.602. The second-order valence-electron chi connectivity index (χ2n) is 5.78. The Hall–Kier alpha value is -2.47. The second-order valence-corrected chi connectivity index (χ2v) is 6.84. The Morgan fingerprint density at radius 1 is 0.962 bits per heavy atom. The molecule has 0 aliphatic heterocycles. The number of hydrogen-bond acceptors (Lipinski definition) is 5. The van der Waals surface area contributed by atoms with E-state index in [1.165, 1.54) is 5.56 Å². The fraction of sp³-hybridized carbons (Fsp3) is 0.300. The summed E-state index contributed by atoms with van der Waals surface area (Å²) in [6, 6.07) is 15.9. The predicted octanol–water partition coefficient (Wildman–Crippen LogP) is 4.36. The van der Waals surface area contributed by atoms with Crippen molar-refractivity contribution in [1.29, 1.82) is 0 Å². The Balaban J connectivity index is 1.53. The molecule has 0 atom stereocenters. The minimum absolute atomic E-state index is 0.602. The van der Waals surface area contributed by atoms with Crippen molar-refractivity contribution in [2.45, 2.75) is 19.0 Å². The smallest absolute Gasteiger partial charge is 0.191 e. The van der Waals surface area contributed by atoms with E-state index in [2.05, 4.69) is 29.3 Å². The van der Waals surface area contributed by atoms with E-state index in [1.807, 2.05) is 54.9 Å². The van der Waals surface area contributed by atoms with Crippen molar-refractivity contribution in [3.05, 3.63) is 54.1 Å². The van der Waals surface area contributed by atoms with Crippen LogP contribution in [0.4, 0.5) is 0 Å². The highest BCUT2D eigenvalue weighted by atomic mass is 32.2. The number of rotatable bonds is 8. The fourth-order valence-electron chi connectivity index (χ4n) is 2.59. The minimum Gasteiger partial charge on any atom is -0.494 e. The van der Waals surface area contributed by atoms with E-state index in [-0.39, 0.29) is 0 Å². The molecule has 0 unspecified atom stereocenters. The van der Waals surface area contributed by atoms with Gasteiger partial charge >= 0.3 is 0 Å². The molecular formula is C20H23N3O2S. The van der Waals surface area contributed by atoms with Crippen LogP contribution in [0.25, 0.3) is 11.4 Å². The molecule has 0 saturated heterocycles. The SMILES string of the molecule is CCOc1ccc(OCCSc2nnc(-c3ccccc3C)n2C)cc1. The molecule has 0 amide bonds. The van der Waals surface area contributed by atoms with Gasteiger partial charge in [-0.05, 0) is 43.7 Å². The lowest BCUT2D eigenvalue weighted by Crippen LogP contribution is -2.02. The fourth-order valence-corrected chi connectivity index (χ4v) is 3.32. The third-order valence-corrected chi connectivity index (χ3v) is 4.92. The van der Waals surface area contributed by atoms with E-state index in [4.69, 9.17) is 9.47 Å². The largest absolute Gasteiger partial charge is 0.494 e. The topological polar surface area (TPSA) is 49.2 Å². The van der Waals surface area contributed by atoms with Crippen molar-refractivity contribution < 1.29 is 9.47 Å². The number of benzene rings is 2. The summed E-state index contributed by atoms with van der Waals surface area (Å²) in [6.07, 6.45) is 0. The normalized spacial score (nSPS) is 10.7. The summed E-state index contributed by atoms with van der Waals surface area (Å²) in [5, 5.41) is 9.55. The predicted molar refractivity (Wildman–Crippen MR) is 105 cm³/mol. The Kier molecular flexibility index (Phi) is 6.17. The first kappa shape index (κ1) is 18.3. The van der Waals surface area contributed by atoms with Crippen LogP contribution in [0.2, 0.25) is 0 Å². The monoisotopic (exact) mass is 369 g/mol. The van der Waals surface area contributed by atoms with E-state index in [0.717, 1.165) is 33.8 Å². The van der Waals surface area contributed by atoms with Gasteiger partial charge in [-0.1, -0.05) is 36.0 Å². The van der Waals surface area contributed by atoms with Crippen molar-refractivity contribution in [1.82, 2.24) is 14.8 Å². The molecule has 3 aromatic rings. The van der Waals surface area contributed by atoms with E-state index in [0.29, 0.717) is 13.2 Å². The van der Waals surface area contributed by atoms with E-state index >= 15 is 0 Å². The van der Waals surface area contributed by atoms with Gasteiger partial charge < -0.3 is 14.0 Å². The molecule has 5 nitrogen and oxygen atoms in total. The molecule has 1 aromatic heterocycles. The molecular weight excluding hydrogens is 346 g/mol. The second kappa shape index (κ2) is 8.76. The van der Waals surface area contributed by atoms with Crippen LogP contribution in [0.3, 0.4) is 0 Å². The van der Waals surface area contributed by atoms with Gasteiger partial charge in [-0.3, -0.25) is 0 Å². The van der Waals surface area contributed by atoms with Crippen LogP contribution in [-0.4, -0.2) is 33.7 Å². The lowest BCUT2D eigenvalue weighted by Gasteiger charge is -2.08. The maximum absolute atomic E-state index is 5.78. The molecule has 6 heteroatoms. The van der Waals surface area contributed by atoms with E-state index < -0.39 is 0 Å². The molecule has 26 heavy (non-hydrogen) atoms. The molecule has 1 heterocycles. The van der Waals surface area contributed by atoms with E-state index in [1.54, 1.807) is 11.8 Å². The molecule has 3 rings (SSSR count). The third-order valence-electron chi connectivity index (χ3n) is 3.94. The van der Waals surface area contributed by atoms with Crippen molar-refractivity contribution >= 4 is 11.8 Å². The van der Waals surface area contributed by atoms with Gasteiger partial charge in [0.1, 0.15) is 11.5 Å². The summed E-state index contributed by atoms with van der Waals surface area (Å²) in [7, 11) is 2.00. The van der Waals surface area contributed by atoms with Gasteiger partial charge in [0.15, 0.2) is 11.0 Å². The first-order valence-electron chi connectivity index (χ1n) is 8.63. The summed E-state index contributed by atoms with van der Waals surface area (Å²) in [5.41, 5.74) is 2.30. The maximum Gasteiger partial charge on any atom is 0.191 e. The number of nitrogens with zero attached hydrogens (tertiary/aromatic N) is 3. The maximum atomic E-state index is 5.78. The van der Waals surface area contributed by atoms with E-state index in [9.17, 15) is 0 Å². The molecule has 0 N–H and O–H groups in total. The number of aryl methyl sites for hydroxylation is 1. The van der Waals surface area contributed by atoms with Gasteiger partial charge in [0, 0.05) is 18.4 Å². The van der Waals surface area contributed by atoms with Crippen molar-refractivity contribution in [3.8, 4) is 22.9 Å². The summed E-state index contributed by atoms with van der Waals surface area (Å²) in [4.78, 5) is 0. The number of hydrogen-bond donors (Lipinski definition) is 0. The number of ether oxygens (including phenoxy) is 2. The standard InChI is InChI=1S/C20H23N3O2S/c1-4-24-16-9-11-17(12-10-16)25-13-14-26-20-22-21-19(23(20)3)18-8-6-5-7-15(18)2/h5-12H,4,13-14H2,1-3H3. The first-order valence-corrected chi connectivity index (χ1v) is 9.61. The quantitative estimate of drug-likeness (QED) is 0.436. The van der Waals surface area contributed by atoms with Crippen LogP contribution in [-0.2, 0) is 7.05 Å². The van der Waals surface area contributed by atoms with Crippen LogP contribution >= 0.6 is 11.8 Å². The van der Waals surface area contributed by atoms with Crippen LogP contribution in [0.1, 0.15) is 12.5 Å². The lowest BCUT2D eigenvalue weighted by atomic mass is 10.1. The zero-order chi connectivity index (χ0) is 18.4. The molecule has 136 valence electrons. The van der Waals surface area contributed by atoms with Gasteiger partial charge in [-0.25, -0.2) is 0 Å². The van der Waals surface area contributed by atoms with Crippen LogP contribution in [0.15, 0.2) is 53.7 Å². The van der Waals surface area contributed by atoms with Gasteiger partial charge in [-0.2, -0.15) is 0 Å².